The molecule has 0 atom stereocenters. The molecule has 10 heavy (non-hydrogen) atoms. The van der Waals surface area contributed by atoms with Crippen LogP contribution in [-0.2, 0) is 0 Å². The Balaban J connectivity index is 2.67. The van der Waals surface area contributed by atoms with E-state index < -0.39 is 0 Å². The van der Waals surface area contributed by atoms with Crippen LogP contribution in [0, 0.1) is 6.92 Å². The van der Waals surface area contributed by atoms with Crippen LogP contribution in [0.3, 0.4) is 0 Å². The molecule has 2 rings (SSSR count). The van der Waals surface area contributed by atoms with Crippen LogP contribution in [0.4, 0.5) is 5.69 Å². The molecule has 0 amide bonds. The van der Waals surface area contributed by atoms with Gasteiger partial charge in [0, 0.05) is 5.56 Å². The summed E-state index contributed by atoms with van der Waals surface area (Å²) >= 11 is 0. The molecule has 0 spiro atoms. The smallest absolute Gasteiger partial charge is 0.0947 e. The lowest BCUT2D eigenvalue weighted by molar-refractivity contribution is 0.990. The molecular formula is C8H7N2. The zero-order valence-corrected chi connectivity index (χ0v) is 5.70. The van der Waals surface area contributed by atoms with Crippen molar-refractivity contribution >= 4 is 11.9 Å². The van der Waals surface area contributed by atoms with Gasteiger partial charge in [-0.25, -0.2) is 0 Å². The van der Waals surface area contributed by atoms with Crippen LogP contribution in [-0.4, -0.2) is 6.21 Å². The summed E-state index contributed by atoms with van der Waals surface area (Å²) in [5, 5.41) is 3.81. The van der Waals surface area contributed by atoms with Gasteiger partial charge in [0.2, 0.25) is 0 Å². The molecule has 0 bridgehead atoms. The van der Waals surface area contributed by atoms with Gasteiger partial charge in [-0.05, 0) is 18.6 Å². The second kappa shape index (κ2) is 1.84. The van der Waals surface area contributed by atoms with Gasteiger partial charge in [-0.1, -0.05) is 12.1 Å². The van der Waals surface area contributed by atoms with Crippen molar-refractivity contribution in [2.75, 3.05) is 0 Å². The lowest BCUT2D eigenvalue weighted by Crippen LogP contribution is -1.84. The Morgan fingerprint density at radius 3 is 3.00 bits per heavy atom. The summed E-state index contributed by atoms with van der Waals surface area (Å²) in [5.74, 6) is 0. The Hall–Kier alpha value is -1.31. The lowest BCUT2D eigenvalue weighted by Gasteiger charge is -1.96. The summed E-state index contributed by atoms with van der Waals surface area (Å²) in [4.78, 5) is 0. The van der Waals surface area contributed by atoms with Gasteiger partial charge in [-0.3, -0.25) is 0 Å². The lowest BCUT2D eigenvalue weighted by atomic mass is 10.1. The van der Waals surface area contributed by atoms with Crippen molar-refractivity contribution in [2.45, 2.75) is 6.92 Å². The Morgan fingerprint density at radius 2 is 2.20 bits per heavy atom. The molecule has 1 aromatic rings. The third-order valence-corrected chi connectivity index (χ3v) is 1.65. The molecule has 0 saturated heterocycles. The Morgan fingerprint density at radius 1 is 1.30 bits per heavy atom. The van der Waals surface area contributed by atoms with Crippen LogP contribution in [0.25, 0.3) is 0 Å². The third-order valence-electron chi connectivity index (χ3n) is 1.65. The zero-order chi connectivity index (χ0) is 6.97. The van der Waals surface area contributed by atoms with Gasteiger partial charge in [0.15, 0.2) is 0 Å². The molecular weight excluding hydrogens is 124 g/mol. The number of hydrogen-bond acceptors (Lipinski definition) is 1. The van der Waals surface area contributed by atoms with E-state index in [4.69, 9.17) is 0 Å². The first-order chi connectivity index (χ1) is 4.88. The molecule has 1 aliphatic rings. The van der Waals surface area contributed by atoms with E-state index in [2.05, 4.69) is 23.5 Å². The van der Waals surface area contributed by atoms with Crippen molar-refractivity contribution in [3.8, 4) is 0 Å². The molecule has 1 radical (unpaired) electrons. The summed E-state index contributed by atoms with van der Waals surface area (Å²) in [5.41, 5.74) is 7.31. The maximum Gasteiger partial charge on any atom is 0.0947 e. The standard InChI is InChI=1S/C8H7N2/c1-6-3-2-4-8-7(6)5-9-10-8/h2-5H,1H3. The van der Waals surface area contributed by atoms with Gasteiger partial charge in [0.05, 0.1) is 11.9 Å². The fourth-order valence-electron chi connectivity index (χ4n) is 1.07. The zero-order valence-electron chi connectivity index (χ0n) is 5.70. The minimum Gasteiger partial charge on any atom is -0.158 e. The normalized spacial score (nSPS) is 12.9. The van der Waals surface area contributed by atoms with E-state index in [1.54, 1.807) is 6.21 Å². The fraction of sp³-hybridized carbons (Fsp3) is 0.125. The van der Waals surface area contributed by atoms with Gasteiger partial charge in [-0.15, -0.1) is 0 Å². The van der Waals surface area contributed by atoms with Crippen LogP contribution >= 0.6 is 0 Å². The van der Waals surface area contributed by atoms with E-state index in [-0.39, 0.29) is 0 Å². The first-order valence-corrected chi connectivity index (χ1v) is 3.21. The highest BCUT2D eigenvalue weighted by Gasteiger charge is 2.07. The number of rotatable bonds is 0. The molecule has 0 aromatic heterocycles. The average molecular weight is 131 g/mol. The van der Waals surface area contributed by atoms with Crippen molar-refractivity contribution in [1.82, 2.24) is 5.43 Å². The number of nitrogens with zero attached hydrogens (tertiary/aromatic N) is 2. The van der Waals surface area contributed by atoms with Gasteiger partial charge < -0.3 is 0 Å². The maximum atomic E-state index is 3.93. The van der Waals surface area contributed by atoms with Crippen molar-refractivity contribution in [3.05, 3.63) is 29.3 Å². The molecule has 1 aromatic carbocycles. The summed E-state index contributed by atoms with van der Waals surface area (Å²) in [6, 6.07) is 6.02. The van der Waals surface area contributed by atoms with Gasteiger partial charge in [0.25, 0.3) is 0 Å². The summed E-state index contributed by atoms with van der Waals surface area (Å²) in [6.07, 6.45) is 1.80. The number of aryl methyl sites for hydroxylation is 1. The van der Waals surface area contributed by atoms with E-state index in [0.29, 0.717) is 0 Å². The van der Waals surface area contributed by atoms with E-state index in [9.17, 15) is 0 Å². The van der Waals surface area contributed by atoms with Crippen molar-refractivity contribution in [3.63, 3.8) is 0 Å². The topological polar surface area (TPSA) is 26.5 Å². The molecule has 49 valence electrons. The average Bonchev–Trinajstić information content (AvgIpc) is 2.36. The Kier molecular flexibility index (Phi) is 1.01. The predicted octanol–water partition coefficient (Wildman–Crippen LogP) is 1.58. The van der Waals surface area contributed by atoms with Crippen LogP contribution in [0.5, 0.6) is 0 Å². The van der Waals surface area contributed by atoms with Crippen LogP contribution in [0.2, 0.25) is 0 Å². The highest BCUT2D eigenvalue weighted by atomic mass is 15.3. The molecule has 0 fully saturated rings. The molecule has 0 unspecified atom stereocenters. The third kappa shape index (κ3) is 0.620. The highest BCUT2D eigenvalue weighted by molar-refractivity contribution is 5.90. The minimum absolute atomic E-state index is 0.986. The monoisotopic (exact) mass is 131 g/mol. The fourth-order valence-corrected chi connectivity index (χ4v) is 1.07. The SMILES string of the molecule is Cc1cccc2c1C=N[N]2. The summed E-state index contributed by atoms with van der Waals surface area (Å²) < 4.78 is 0. The van der Waals surface area contributed by atoms with Crippen molar-refractivity contribution in [2.24, 2.45) is 5.10 Å². The van der Waals surface area contributed by atoms with Gasteiger partial charge in [0.1, 0.15) is 0 Å². The highest BCUT2D eigenvalue weighted by Crippen LogP contribution is 2.20. The second-order valence-electron chi connectivity index (χ2n) is 2.35. The van der Waals surface area contributed by atoms with E-state index in [1.165, 1.54) is 5.56 Å². The van der Waals surface area contributed by atoms with E-state index in [0.717, 1.165) is 11.3 Å². The van der Waals surface area contributed by atoms with Crippen molar-refractivity contribution in [1.29, 1.82) is 0 Å². The first-order valence-electron chi connectivity index (χ1n) is 3.21. The quantitative estimate of drug-likeness (QED) is 0.511. The van der Waals surface area contributed by atoms with Crippen LogP contribution < -0.4 is 5.43 Å². The molecule has 2 heteroatoms. The van der Waals surface area contributed by atoms with Crippen molar-refractivity contribution < 1.29 is 0 Å². The Bertz CT molecular complexity index is 289. The Labute approximate surface area is 59.6 Å². The summed E-state index contributed by atoms with van der Waals surface area (Å²) in [6.45, 7) is 2.06. The molecule has 0 aliphatic carbocycles. The molecule has 1 heterocycles. The minimum atomic E-state index is 0.986. The number of hydrogen-bond donors (Lipinski definition) is 0. The van der Waals surface area contributed by atoms with E-state index >= 15 is 0 Å². The molecule has 0 N–H and O–H groups in total. The van der Waals surface area contributed by atoms with Gasteiger partial charge in [-0.2, -0.15) is 10.5 Å². The maximum absolute atomic E-state index is 3.93. The van der Waals surface area contributed by atoms with Crippen LogP contribution in [0.1, 0.15) is 11.1 Å². The van der Waals surface area contributed by atoms with Gasteiger partial charge >= 0.3 is 0 Å². The largest absolute Gasteiger partial charge is 0.158 e. The second-order valence-corrected chi connectivity index (χ2v) is 2.35. The number of benzene rings is 1. The molecule has 1 aliphatic heterocycles. The predicted molar refractivity (Wildman–Crippen MR) is 40.6 cm³/mol. The number of fused-ring (bicyclic) bond motifs is 1. The molecule has 0 saturated carbocycles. The van der Waals surface area contributed by atoms with Crippen LogP contribution in [0.15, 0.2) is 23.3 Å². The van der Waals surface area contributed by atoms with E-state index in [1.807, 2.05) is 12.1 Å². The first kappa shape index (κ1) is 5.47. The molecule has 2 nitrogen and oxygen atoms in total. The summed E-state index contributed by atoms with van der Waals surface area (Å²) in [7, 11) is 0.